The van der Waals surface area contributed by atoms with Gasteiger partial charge in [-0.3, -0.25) is 9.59 Å². The number of methoxy groups -OCH3 is 1. The van der Waals surface area contributed by atoms with Crippen LogP contribution in [0.25, 0.3) is 0 Å². The van der Waals surface area contributed by atoms with Crippen LogP contribution in [0.5, 0.6) is 5.75 Å². The van der Waals surface area contributed by atoms with Crippen LogP contribution in [0.2, 0.25) is 0 Å². The number of thiazole rings is 1. The highest BCUT2D eigenvalue weighted by Crippen LogP contribution is 2.25. The number of piperidine rings is 1. The molecule has 156 valence electrons. The van der Waals surface area contributed by atoms with Crippen molar-refractivity contribution >= 4 is 38.3 Å². The third-order valence-electron chi connectivity index (χ3n) is 4.55. The van der Waals surface area contributed by atoms with E-state index in [0.717, 1.165) is 0 Å². The summed E-state index contributed by atoms with van der Waals surface area (Å²) in [6.07, 6.45) is 2.70. The third-order valence-corrected chi connectivity index (χ3v) is 7.12. The molecule has 1 unspecified atom stereocenters. The second-order valence-electron chi connectivity index (χ2n) is 6.48. The van der Waals surface area contributed by atoms with Crippen molar-refractivity contribution in [1.82, 2.24) is 14.6 Å². The molecule has 1 aliphatic rings. The smallest absolute Gasteiger partial charge is 0.245 e. The molecule has 1 saturated heterocycles. The molecular formula is C18H22N4O5S2. The first kappa shape index (κ1) is 21.2. The molecule has 2 N–H and O–H groups in total. The van der Waals surface area contributed by atoms with Crippen molar-refractivity contribution in [3.63, 3.8) is 0 Å². The first-order chi connectivity index (χ1) is 13.9. The normalized spacial score (nSPS) is 17.5. The summed E-state index contributed by atoms with van der Waals surface area (Å²) in [5.41, 5.74) is 0. The molecule has 1 aromatic carbocycles. The predicted octanol–water partition coefficient (Wildman–Crippen LogP) is 1.31. The number of amides is 2. The molecule has 1 atom stereocenters. The van der Waals surface area contributed by atoms with Crippen LogP contribution in [0.15, 0.2) is 40.7 Å². The number of hydrogen-bond donors (Lipinski definition) is 2. The minimum atomic E-state index is -3.71. The summed E-state index contributed by atoms with van der Waals surface area (Å²) in [7, 11) is -2.20. The lowest BCUT2D eigenvalue weighted by Crippen LogP contribution is -2.46. The lowest BCUT2D eigenvalue weighted by atomic mass is 9.99. The number of nitrogens with one attached hydrogen (secondary N) is 2. The maximum Gasteiger partial charge on any atom is 0.245 e. The Morgan fingerprint density at radius 3 is 2.72 bits per heavy atom. The molecule has 3 rings (SSSR count). The summed E-state index contributed by atoms with van der Waals surface area (Å²) >= 11 is 1.28. The third kappa shape index (κ3) is 5.31. The van der Waals surface area contributed by atoms with E-state index in [0.29, 0.717) is 30.3 Å². The summed E-state index contributed by atoms with van der Waals surface area (Å²) in [6, 6.07) is 6.14. The van der Waals surface area contributed by atoms with E-state index in [2.05, 4.69) is 15.6 Å². The van der Waals surface area contributed by atoms with Gasteiger partial charge in [-0.15, -0.1) is 11.3 Å². The van der Waals surface area contributed by atoms with Crippen LogP contribution in [-0.2, 0) is 19.6 Å². The Balaban J connectivity index is 1.57. The molecule has 29 heavy (non-hydrogen) atoms. The van der Waals surface area contributed by atoms with Crippen molar-refractivity contribution in [1.29, 1.82) is 0 Å². The minimum Gasteiger partial charge on any atom is -0.497 e. The fourth-order valence-corrected chi connectivity index (χ4v) is 5.10. The standard InChI is InChI=1S/C18H22N4O5S2/c1-27-14-4-6-15(7-5-14)29(25,26)22-9-2-3-13(12-22)17(24)20-11-16(23)21-18-19-8-10-28-18/h4-8,10,13H,2-3,9,11-12H2,1H3,(H,20,24)(H,19,21,23). The van der Waals surface area contributed by atoms with Gasteiger partial charge in [-0.1, -0.05) is 0 Å². The number of benzene rings is 1. The first-order valence-corrected chi connectivity index (χ1v) is 11.3. The first-order valence-electron chi connectivity index (χ1n) is 9.01. The number of anilines is 1. The molecule has 2 heterocycles. The van der Waals surface area contributed by atoms with E-state index in [9.17, 15) is 18.0 Å². The summed E-state index contributed by atoms with van der Waals surface area (Å²) in [5, 5.41) is 7.35. The number of aromatic nitrogens is 1. The molecular weight excluding hydrogens is 416 g/mol. The van der Waals surface area contributed by atoms with Crippen molar-refractivity contribution < 1.29 is 22.7 Å². The maximum absolute atomic E-state index is 12.9. The van der Waals surface area contributed by atoms with E-state index in [1.54, 1.807) is 23.7 Å². The number of rotatable bonds is 7. The van der Waals surface area contributed by atoms with Crippen LogP contribution >= 0.6 is 11.3 Å². The Labute approximate surface area is 173 Å². The Bertz CT molecular complexity index is 945. The molecule has 0 spiro atoms. The highest BCUT2D eigenvalue weighted by Gasteiger charge is 2.33. The van der Waals surface area contributed by atoms with E-state index in [1.165, 1.54) is 34.9 Å². The molecule has 2 aromatic rings. The number of carbonyl (C=O) groups excluding carboxylic acids is 2. The van der Waals surface area contributed by atoms with Crippen LogP contribution in [0.4, 0.5) is 5.13 Å². The van der Waals surface area contributed by atoms with Gasteiger partial charge in [0.1, 0.15) is 5.75 Å². The van der Waals surface area contributed by atoms with Crippen molar-refractivity contribution in [2.24, 2.45) is 5.92 Å². The van der Waals surface area contributed by atoms with Gasteiger partial charge in [-0.05, 0) is 37.1 Å². The zero-order chi connectivity index (χ0) is 20.9. The van der Waals surface area contributed by atoms with Gasteiger partial charge in [0.2, 0.25) is 21.8 Å². The summed E-state index contributed by atoms with van der Waals surface area (Å²) in [5.74, 6) is -0.666. The van der Waals surface area contributed by atoms with Gasteiger partial charge in [0.15, 0.2) is 5.13 Å². The molecule has 2 amide bonds. The number of hydrogen-bond acceptors (Lipinski definition) is 7. The molecule has 11 heteroatoms. The molecule has 1 aliphatic heterocycles. The quantitative estimate of drug-likeness (QED) is 0.673. The SMILES string of the molecule is COc1ccc(S(=O)(=O)N2CCCC(C(=O)NCC(=O)Nc3nccs3)C2)cc1. The largest absolute Gasteiger partial charge is 0.497 e. The van der Waals surface area contributed by atoms with E-state index in [-0.39, 0.29) is 29.8 Å². The second kappa shape index (κ2) is 9.33. The highest BCUT2D eigenvalue weighted by atomic mass is 32.2. The Morgan fingerprint density at radius 2 is 2.07 bits per heavy atom. The van der Waals surface area contributed by atoms with E-state index in [1.807, 2.05) is 0 Å². The molecule has 9 nitrogen and oxygen atoms in total. The van der Waals surface area contributed by atoms with Crippen LogP contribution in [0.3, 0.4) is 0 Å². The summed E-state index contributed by atoms with van der Waals surface area (Å²) < 4.78 is 32.1. The van der Waals surface area contributed by atoms with Gasteiger partial charge >= 0.3 is 0 Å². The fourth-order valence-electron chi connectivity index (χ4n) is 3.03. The zero-order valence-corrected chi connectivity index (χ0v) is 17.5. The summed E-state index contributed by atoms with van der Waals surface area (Å²) in [6.45, 7) is 0.233. The van der Waals surface area contributed by atoms with Gasteiger partial charge < -0.3 is 15.4 Å². The molecule has 0 saturated carbocycles. The number of nitrogens with zero attached hydrogens (tertiary/aromatic N) is 2. The Morgan fingerprint density at radius 1 is 1.31 bits per heavy atom. The van der Waals surface area contributed by atoms with E-state index in [4.69, 9.17) is 4.74 Å². The zero-order valence-electron chi connectivity index (χ0n) is 15.8. The maximum atomic E-state index is 12.9. The van der Waals surface area contributed by atoms with Gasteiger partial charge in [-0.25, -0.2) is 13.4 Å². The molecule has 0 radical (unpaired) electrons. The highest BCUT2D eigenvalue weighted by molar-refractivity contribution is 7.89. The number of sulfonamides is 1. The average molecular weight is 439 g/mol. The molecule has 1 fully saturated rings. The van der Waals surface area contributed by atoms with E-state index >= 15 is 0 Å². The molecule has 1 aromatic heterocycles. The minimum absolute atomic E-state index is 0.0777. The second-order valence-corrected chi connectivity index (χ2v) is 9.31. The van der Waals surface area contributed by atoms with Crippen molar-refractivity contribution in [2.75, 3.05) is 32.1 Å². The van der Waals surface area contributed by atoms with Gasteiger partial charge in [0.05, 0.1) is 24.5 Å². The van der Waals surface area contributed by atoms with Gasteiger partial charge in [0.25, 0.3) is 0 Å². The van der Waals surface area contributed by atoms with Crippen LogP contribution in [-0.4, -0.2) is 56.3 Å². The van der Waals surface area contributed by atoms with Crippen LogP contribution in [0.1, 0.15) is 12.8 Å². The lowest BCUT2D eigenvalue weighted by Gasteiger charge is -2.31. The van der Waals surface area contributed by atoms with Crippen LogP contribution < -0.4 is 15.4 Å². The number of carbonyl (C=O) groups is 2. The Hall–Kier alpha value is -2.50. The average Bonchev–Trinajstić information content (AvgIpc) is 3.25. The van der Waals surface area contributed by atoms with Gasteiger partial charge in [0, 0.05) is 24.7 Å². The van der Waals surface area contributed by atoms with Crippen molar-refractivity contribution in [3.8, 4) is 5.75 Å². The molecule has 0 bridgehead atoms. The molecule has 0 aliphatic carbocycles. The topological polar surface area (TPSA) is 118 Å². The van der Waals surface area contributed by atoms with Crippen LogP contribution in [0, 0.1) is 5.92 Å². The van der Waals surface area contributed by atoms with Crippen molar-refractivity contribution in [3.05, 3.63) is 35.8 Å². The Kier molecular flexibility index (Phi) is 6.83. The number of ether oxygens (including phenoxy) is 1. The summed E-state index contributed by atoms with van der Waals surface area (Å²) in [4.78, 5) is 28.4. The predicted molar refractivity (Wildman–Crippen MR) is 108 cm³/mol. The lowest BCUT2D eigenvalue weighted by molar-refractivity contribution is -0.128. The van der Waals surface area contributed by atoms with E-state index < -0.39 is 15.9 Å². The van der Waals surface area contributed by atoms with Gasteiger partial charge in [-0.2, -0.15) is 4.31 Å². The fraction of sp³-hybridized carbons (Fsp3) is 0.389. The monoisotopic (exact) mass is 438 g/mol. The van der Waals surface area contributed by atoms with Crippen molar-refractivity contribution in [2.45, 2.75) is 17.7 Å².